The van der Waals surface area contributed by atoms with Crippen LogP contribution in [0.5, 0.6) is 0 Å². The molecule has 16 heavy (non-hydrogen) atoms. The van der Waals surface area contributed by atoms with Crippen molar-refractivity contribution < 1.29 is 14.3 Å². The Bertz CT molecular complexity index is 383. The number of benzene rings is 1. The summed E-state index contributed by atoms with van der Waals surface area (Å²) in [6.07, 6.45) is -0.800. The van der Waals surface area contributed by atoms with Gasteiger partial charge in [-0.1, -0.05) is 30.3 Å². The maximum Gasteiger partial charge on any atom is 0.164 e. The van der Waals surface area contributed by atoms with Crippen LogP contribution in [0.15, 0.2) is 30.3 Å². The van der Waals surface area contributed by atoms with Crippen LogP contribution in [0, 0.1) is 0 Å². The molecule has 1 aromatic carbocycles. The molecule has 86 valence electrons. The molecular formula is C13H16O3. The molecule has 0 spiro atoms. The van der Waals surface area contributed by atoms with Gasteiger partial charge < -0.3 is 9.47 Å². The van der Waals surface area contributed by atoms with Crippen LogP contribution < -0.4 is 0 Å². The lowest BCUT2D eigenvalue weighted by atomic mass is 10.0. The molecule has 0 aromatic heterocycles. The van der Waals surface area contributed by atoms with Gasteiger partial charge in [-0.15, -0.1) is 0 Å². The van der Waals surface area contributed by atoms with Gasteiger partial charge in [0, 0.05) is 0 Å². The Kier molecular flexibility index (Phi) is 2.82. The predicted molar refractivity (Wildman–Crippen MR) is 59.9 cm³/mol. The molecule has 3 nitrogen and oxygen atoms in total. The summed E-state index contributed by atoms with van der Waals surface area (Å²) in [5.41, 5.74) is 0.980. The highest BCUT2D eigenvalue weighted by molar-refractivity contribution is 5.81. The summed E-state index contributed by atoms with van der Waals surface area (Å²) in [4.78, 5) is 11.5. The average Bonchev–Trinajstić information content (AvgIpc) is 2.56. The zero-order chi connectivity index (χ0) is 11.8. The molecule has 0 bridgehead atoms. The zero-order valence-corrected chi connectivity index (χ0v) is 9.77. The second kappa shape index (κ2) is 4.00. The number of rotatable bonds is 2. The van der Waals surface area contributed by atoms with E-state index in [4.69, 9.17) is 9.47 Å². The van der Waals surface area contributed by atoms with Crippen molar-refractivity contribution in [1.29, 1.82) is 0 Å². The van der Waals surface area contributed by atoms with Gasteiger partial charge in [0.15, 0.2) is 11.6 Å². The lowest BCUT2D eigenvalue weighted by Gasteiger charge is -2.16. The molecule has 1 heterocycles. The van der Waals surface area contributed by atoms with E-state index in [1.807, 2.05) is 44.2 Å². The second-order valence-corrected chi connectivity index (χ2v) is 4.50. The third kappa shape index (κ3) is 2.15. The van der Waals surface area contributed by atoms with E-state index in [0.29, 0.717) is 0 Å². The van der Waals surface area contributed by atoms with E-state index in [-0.39, 0.29) is 11.9 Å². The molecule has 1 aromatic rings. The van der Waals surface area contributed by atoms with Crippen molar-refractivity contribution >= 4 is 5.78 Å². The third-order valence-corrected chi connectivity index (χ3v) is 2.63. The Morgan fingerprint density at radius 1 is 1.19 bits per heavy atom. The first kappa shape index (κ1) is 11.3. The standard InChI is InChI=1S/C13H16O3/c1-9(14)11-12(16-13(2,3)15-11)10-7-5-4-6-8-10/h4-8,11-12H,1-3H3. The number of Topliss-reactive ketones (excluding diaryl/α,β-unsaturated/α-hetero) is 1. The Balaban J connectivity index is 2.29. The first-order chi connectivity index (χ1) is 7.49. The third-order valence-electron chi connectivity index (χ3n) is 2.63. The van der Waals surface area contributed by atoms with Gasteiger partial charge in [0.25, 0.3) is 0 Å². The molecule has 0 amide bonds. The summed E-state index contributed by atoms with van der Waals surface area (Å²) >= 11 is 0. The van der Waals surface area contributed by atoms with Gasteiger partial charge in [0.1, 0.15) is 12.2 Å². The van der Waals surface area contributed by atoms with Gasteiger partial charge in [-0.2, -0.15) is 0 Å². The van der Waals surface area contributed by atoms with E-state index in [9.17, 15) is 4.79 Å². The van der Waals surface area contributed by atoms with Gasteiger partial charge in [0.05, 0.1) is 0 Å². The molecule has 0 radical (unpaired) electrons. The van der Waals surface area contributed by atoms with Crippen molar-refractivity contribution in [2.24, 2.45) is 0 Å². The Morgan fingerprint density at radius 2 is 1.81 bits per heavy atom. The molecule has 1 saturated heterocycles. The summed E-state index contributed by atoms with van der Waals surface area (Å²) < 4.78 is 11.4. The van der Waals surface area contributed by atoms with Crippen molar-refractivity contribution in [2.45, 2.75) is 38.8 Å². The van der Waals surface area contributed by atoms with E-state index >= 15 is 0 Å². The van der Waals surface area contributed by atoms with Crippen LogP contribution in [0.4, 0.5) is 0 Å². The van der Waals surface area contributed by atoms with Crippen molar-refractivity contribution in [3.63, 3.8) is 0 Å². The summed E-state index contributed by atoms with van der Waals surface area (Å²) in [6.45, 7) is 5.18. The van der Waals surface area contributed by atoms with E-state index in [1.165, 1.54) is 6.92 Å². The van der Waals surface area contributed by atoms with E-state index in [2.05, 4.69) is 0 Å². The number of carbonyl (C=O) groups is 1. The van der Waals surface area contributed by atoms with Crippen molar-refractivity contribution in [1.82, 2.24) is 0 Å². The first-order valence-corrected chi connectivity index (χ1v) is 5.41. The van der Waals surface area contributed by atoms with Crippen molar-refractivity contribution in [3.8, 4) is 0 Å². The van der Waals surface area contributed by atoms with Gasteiger partial charge in [0.2, 0.25) is 0 Å². The summed E-state index contributed by atoms with van der Waals surface area (Å²) in [5.74, 6) is -0.698. The highest BCUT2D eigenvalue weighted by atomic mass is 16.8. The number of hydrogen-bond donors (Lipinski definition) is 0. The normalized spacial score (nSPS) is 27.9. The van der Waals surface area contributed by atoms with Gasteiger partial charge in [-0.3, -0.25) is 4.79 Å². The molecule has 0 N–H and O–H groups in total. The van der Waals surface area contributed by atoms with Crippen LogP contribution in [-0.2, 0) is 14.3 Å². The maximum atomic E-state index is 11.5. The molecule has 1 fully saturated rings. The fraction of sp³-hybridized carbons (Fsp3) is 0.462. The fourth-order valence-electron chi connectivity index (χ4n) is 1.94. The Labute approximate surface area is 95.4 Å². The largest absolute Gasteiger partial charge is 0.339 e. The summed E-state index contributed by atoms with van der Waals surface area (Å²) in [6, 6.07) is 9.70. The molecule has 3 heteroatoms. The van der Waals surface area contributed by atoms with E-state index in [1.54, 1.807) is 0 Å². The topological polar surface area (TPSA) is 35.5 Å². The minimum absolute atomic E-state index is 0.000530. The molecule has 0 saturated carbocycles. The lowest BCUT2D eigenvalue weighted by molar-refractivity contribution is -0.154. The smallest absolute Gasteiger partial charge is 0.164 e. The molecule has 1 aliphatic heterocycles. The quantitative estimate of drug-likeness (QED) is 0.768. The maximum absolute atomic E-state index is 11.5. The molecule has 2 unspecified atom stereocenters. The van der Waals surface area contributed by atoms with E-state index in [0.717, 1.165) is 5.56 Å². The van der Waals surface area contributed by atoms with Crippen LogP contribution in [0.2, 0.25) is 0 Å². The monoisotopic (exact) mass is 220 g/mol. The highest BCUT2D eigenvalue weighted by Crippen LogP contribution is 2.38. The Morgan fingerprint density at radius 3 is 2.38 bits per heavy atom. The molecule has 0 aliphatic carbocycles. The molecular weight excluding hydrogens is 204 g/mol. The van der Waals surface area contributed by atoms with Crippen LogP contribution in [0.1, 0.15) is 32.4 Å². The van der Waals surface area contributed by atoms with Crippen LogP contribution in [0.3, 0.4) is 0 Å². The van der Waals surface area contributed by atoms with Crippen LogP contribution in [-0.4, -0.2) is 17.7 Å². The van der Waals surface area contributed by atoms with Gasteiger partial charge in [-0.05, 0) is 26.3 Å². The van der Waals surface area contributed by atoms with Gasteiger partial charge >= 0.3 is 0 Å². The number of carbonyl (C=O) groups excluding carboxylic acids is 1. The minimum atomic E-state index is -0.698. The fourth-order valence-corrected chi connectivity index (χ4v) is 1.94. The Hall–Kier alpha value is -1.19. The van der Waals surface area contributed by atoms with Crippen molar-refractivity contribution in [3.05, 3.63) is 35.9 Å². The van der Waals surface area contributed by atoms with Crippen LogP contribution >= 0.6 is 0 Å². The lowest BCUT2D eigenvalue weighted by Crippen LogP contribution is -2.25. The number of ether oxygens (including phenoxy) is 2. The number of hydrogen-bond acceptors (Lipinski definition) is 3. The second-order valence-electron chi connectivity index (χ2n) is 4.50. The predicted octanol–water partition coefficient (Wildman–Crippen LogP) is 2.47. The SMILES string of the molecule is CC(=O)C1OC(C)(C)OC1c1ccccc1. The van der Waals surface area contributed by atoms with Crippen LogP contribution in [0.25, 0.3) is 0 Å². The highest BCUT2D eigenvalue weighted by Gasteiger charge is 2.44. The van der Waals surface area contributed by atoms with Gasteiger partial charge in [-0.25, -0.2) is 0 Å². The molecule has 2 rings (SSSR count). The van der Waals surface area contributed by atoms with Crippen molar-refractivity contribution in [2.75, 3.05) is 0 Å². The zero-order valence-electron chi connectivity index (χ0n) is 9.77. The number of ketones is 1. The molecule has 1 aliphatic rings. The summed E-state index contributed by atoms with van der Waals surface area (Å²) in [5, 5.41) is 0. The first-order valence-electron chi connectivity index (χ1n) is 5.41. The van der Waals surface area contributed by atoms with E-state index < -0.39 is 11.9 Å². The molecule has 2 atom stereocenters. The average molecular weight is 220 g/mol. The summed E-state index contributed by atoms with van der Waals surface area (Å²) in [7, 11) is 0. The minimum Gasteiger partial charge on any atom is -0.339 e.